The van der Waals surface area contributed by atoms with Crippen molar-refractivity contribution in [3.05, 3.63) is 35.9 Å². The first kappa shape index (κ1) is 15.0. The Kier molecular flexibility index (Phi) is 5.14. The Morgan fingerprint density at radius 3 is 2.45 bits per heavy atom. The number of amides is 1. The van der Waals surface area contributed by atoms with Gasteiger partial charge in [-0.3, -0.25) is 4.79 Å². The van der Waals surface area contributed by atoms with Crippen molar-refractivity contribution >= 4 is 15.9 Å². The van der Waals surface area contributed by atoms with Gasteiger partial charge in [0.1, 0.15) is 0 Å². The first-order chi connectivity index (χ1) is 9.57. The van der Waals surface area contributed by atoms with Crippen LogP contribution in [0.15, 0.2) is 30.3 Å². The molecule has 2 N–H and O–H groups in total. The third kappa shape index (κ3) is 4.61. The van der Waals surface area contributed by atoms with Crippen LogP contribution in [0.25, 0.3) is 0 Å². The molecule has 1 aromatic rings. The second kappa shape index (κ2) is 6.85. The summed E-state index contributed by atoms with van der Waals surface area (Å²) < 4.78 is 26.1. The van der Waals surface area contributed by atoms with E-state index >= 15 is 0 Å². The van der Waals surface area contributed by atoms with Crippen LogP contribution < -0.4 is 10.0 Å². The maximum atomic E-state index is 11.8. The lowest BCUT2D eigenvalue weighted by molar-refractivity contribution is -0.127. The first-order valence-electron chi connectivity index (χ1n) is 6.86. The fourth-order valence-electron chi connectivity index (χ4n) is 2.05. The molecule has 0 heterocycles. The largest absolute Gasteiger partial charge is 0.355 e. The van der Waals surface area contributed by atoms with Gasteiger partial charge in [0.2, 0.25) is 15.9 Å². The maximum absolute atomic E-state index is 11.8. The Balaban J connectivity index is 1.68. The number of hydrogen-bond acceptors (Lipinski definition) is 3. The fourth-order valence-corrected chi connectivity index (χ4v) is 3.20. The minimum atomic E-state index is -3.35. The number of hydrogen-bond donors (Lipinski definition) is 2. The van der Waals surface area contributed by atoms with E-state index in [2.05, 4.69) is 10.0 Å². The SMILES string of the molecule is O=C(NCCNS(=O)(=O)Cc1ccccc1)C1CCC1. The van der Waals surface area contributed by atoms with E-state index in [-0.39, 0.29) is 24.1 Å². The summed E-state index contributed by atoms with van der Waals surface area (Å²) in [6, 6.07) is 9.02. The van der Waals surface area contributed by atoms with Gasteiger partial charge in [0.25, 0.3) is 0 Å². The van der Waals surface area contributed by atoms with Gasteiger partial charge in [-0.2, -0.15) is 0 Å². The number of sulfonamides is 1. The molecule has 1 aliphatic carbocycles. The summed E-state index contributed by atoms with van der Waals surface area (Å²) in [7, 11) is -3.35. The molecule has 0 atom stereocenters. The highest BCUT2D eigenvalue weighted by Crippen LogP contribution is 2.25. The highest BCUT2D eigenvalue weighted by molar-refractivity contribution is 7.88. The standard InChI is InChI=1S/C14H20N2O3S/c17-14(13-7-4-8-13)15-9-10-16-20(18,19)11-12-5-2-1-3-6-12/h1-3,5-6,13,16H,4,7-11H2,(H,15,17). The number of carbonyl (C=O) groups excluding carboxylic acids is 1. The van der Waals surface area contributed by atoms with E-state index in [9.17, 15) is 13.2 Å². The van der Waals surface area contributed by atoms with Crippen LogP contribution in [-0.4, -0.2) is 27.4 Å². The van der Waals surface area contributed by atoms with Crippen molar-refractivity contribution in [3.63, 3.8) is 0 Å². The Labute approximate surface area is 119 Å². The highest BCUT2D eigenvalue weighted by atomic mass is 32.2. The molecule has 110 valence electrons. The average Bonchev–Trinajstić information content (AvgIpc) is 2.33. The summed E-state index contributed by atoms with van der Waals surface area (Å²) in [5.41, 5.74) is 0.749. The molecule has 6 heteroatoms. The Morgan fingerprint density at radius 2 is 1.85 bits per heavy atom. The topological polar surface area (TPSA) is 75.3 Å². The number of benzene rings is 1. The van der Waals surface area contributed by atoms with Crippen LogP contribution in [-0.2, 0) is 20.6 Å². The third-order valence-corrected chi connectivity index (χ3v) is 4.78. The molecule has 0 radical (unpaired) electrons. The molecule has 1 saturated carbocycles. The van der Waals surface area contributed by atoms with Crippen LogP contribution in [0.5, 0.6) is 0 Å². The lowest BCUT2D eigenvalue weighted by Crippen LogP contribution is -2.39. The molecular weight excluding hydrogens is 276 g/mol. The van der Waals surface area contributed by atoms with Crippen molar-refractivity contribution in [2.45, 2.75) is 25.0 Å². The summed E-state index contributed by atoms with van der Waals surface area (Å²) in [4.78, 5) is 11.6. The molecule has 0 bridgehead atoms. The van der Waals surface area contributed by atoms with Crippen molar-refractivity contribution < 1.29 is 13.2 Å². The van der Waals surface area contributed by atoms with Gasteiger partial charge >= 0.3 is 0 Å². The Hall–Kier alpha value is -1.40. The Bertz CT molecular complexity index is 539. The van der Waals surface area contributed by atoms with E-state index in [0.29, 0.717) is 6.54 Å². The van der Waals surface area contributed by atoms with Gasteiger partial charge in [0.05, 0.1) is 5.75 Å². The number of rotatable bonds is 7. The van der Waals surface area contributed by atoms with Crippen LogP contribution in [0.1, 0.15) is 24.8 Å². The lowest BCUT2D eigenvalue weighted by Gasteiger charge is -2.24. The van der Waals surface area contributed by atoms with Gasteiger partial charge < -0.3 is 5.32 Å². The zero-order chi connectivity index (χ0) is 14.4. The zero-order valence-corrected chi connectivity index (χ0v) is 12.2. The second-order valence-electron chi connectivity index (χ2n) is 5.06. The molecule has 1 aromatic carbocycles. The van der Waals surface area contributed by atoms with Crippen molar-refractivity contribution in [2.24, 2.45) is 5.92 Å². The van der Waals surface area contributed by atoms with Gasteiger partial charge in [0.15, 0.2) is 0 Å². The molecule has 0 aromatic heterocycles. The van der Waals surface area contributed by atoms with E-state index in [1.54, 1.807) is 12.1 Å². The summed E-state index contributed by atoms with van der Waals surface area (Å²) >= 11 is 0. The molecule has 0 spiro atoms. The normalized spacial score (nSPS) is 15.6. The van der Waals surface area contributed by atoms with E-state index in [0.717, 1.165) is 24.8 Å². The minimum absolute atomic E-state index is 0.0373. The minimum Gasteiger partial charge on any atom is -0.355 e. The van der Waals surface area contributed by atoms with Crippen LogP contribution in [0, 0.1) is 5.92 Å². The molecule has 0 aliphatic heterocycles. The van der Waals surface area contributed by atoms with E-state index in [1.165, 1.54) is 0 Å². The molecule has 20 heavy (non-hydrogen) atoms. The van der Waals surface area contributed by atoms with E-state index in [4.69, 9.17) is 0 Å². The predicted octanol–water partition coefficient (Wildman–Crippen LogP) is 1.02. The van der Waals surface area contributed by atoms with Gasteiger partial charge in [-0.25, -0.2) is 13.1 Å². The zero-order valence-electron chi connectivity index (χ0n) is 11.3. The van der Waals surface area contributed by atoms with Crippen molar-refractivity contribution in [3.8, 4) is 0 Å². The van der Waals surface area contributed by atoms with Gasteiger partial charge in [-0.05, 0) is 18.4 Å². The number of carbonyl (C=O) groups is 1. The Morgan fingerprint density at radius 1 is 1.15 bits per heavy atom. The van der Waals surface area contributed by atoms with Crippen LogP contribution in [0.4, 0.5) is 0 Å². The van der Waals surface area contributed by atoms with Crippen LogP contribution in [0.2, 0.25) is 0 Å². The third-order valence-electron chi connectivity index (χ3n) is 3.42. The molecule has 2 rings (SSSR count). The van der Waals surface area contributed by atoms with Gasteiger partial charge in [-0.15, -0.1) is 0 Å². The summed E-state index contributed by atoms with van der Waals surface area (Å²) in [6.45, 7) is 0.566. The van der Waals surface area contributed by atoms with E-state index in [1.807, 2.05) is 18.2 Å². The maximum Gasteiger partial charge on any atom is 0.223 e. The number of nitrogens with one attached hydrogen (secondary N) is 2. The summed E-state index contributed by atoms with van der Waals surface area (Å²) in [5, 5.41) is 2.76. The summed E-state index contributed by atoms with van der Waals surface area (Å²) in [6.07, 6.45) is 3.01. The molecule has 5 nitrogen and oxygen atoms in total. The first-order valence-corrected chi connectivity index (χ1v) is 8.51. The molecular formula is C14H20N2O3S. The molecule has 0 saturated heterocycles. The van der Waals surface area contributed by atoms with Crippen LogP contribution >= 0.6 is 0 Å². The molecule has 1 amide bonds. The monoisotopic (exact) mass is 296 g/mol. The average molecular weight is 296 g/mol. The van der Waals surface area contributed by atoms with Gasteiger partial charge in [0, 0.05) is 19.0 Å². The van der Waals surface area contributed by atoms with Crippen molar-refractivity contribution in [2.75, 3.05) is 13.1 Å². The fraction of sp³-hybridized carbons (Fsp3) is 0.500. The smallest absolute Gasteiger partial charge is 0.223 e. The quantitative estimate of drug-likeness (QED) is 0.738. The van der Waals surface area contributed by atoms with Gasteiger partial charge in [-0.1, -0.05) is 36.8 Å². The molecule has 0 unspecified atom stereocenters. The summed E-state index contributed by atoms with van der Waals surface area (Å²) in [5.74, 6) is 0.138. The highest BCUT2D eigenvalue weighted by Gasteiger charge is 2.24. The van der Waals surface area contributed by atoms with E-state index < -0.39 is 10.0 Å². The lowest BCUT2D eigenvalue weighted by atomic mass is 9.85. The van der Waals surface area contributed by atoms with Crippen LogP contribution in [0.3, 0.4) is 0 Å². The molecule has 1 aliphatic rings. The molecule has 1 fully saturated rings. The predicted molar refractivity (Wildman–Crippen MR) is 77.4 cm³/mol. The van der Waals surface area contributed by atoms with Crippen molar-refractivity contribution in [1.82, 2.24) is 10.0 Å². The second-order valence-corrected chi connectivity index (χ2v) is 6.86. The van der Waals surface area contributed by atoms with Crippen molar-refractivity contribution in [1.29, 1.82) is 0 Å².